The lowest BCUT2D eigenvalue weighted by molar-refractivity contribution is -0.111. The maximum Gasteiger partial charge on any atom is 0.250 e. The summed E-state index contributed by atoms with van der Waals surface area (Å²) in [6, 6.07) is 14.2. The van der Waals surface area contributed by atoms with Crippen LogP contribution in [0.2, 0.25) is 0 Å². The van der Waals surface area contributed by atoms with E-state index in [1.165, 1.54) is 52.6 Å². The highest BCUT2D eigenvalue weighted by atomic mass is 32.2. The molecule has 0 fully saturated rings. The van der Waals surface area contributed by atoms with Crippen LogP contribution in [0.25, 0.3) is 16.3 Å². The van der Waals surface area contributed by atoms with Gasteiger partial charge >= 0.3 is 0 Å². The number of rotatable bonds is 6. The van der Waals surface area contributed by atoms with E-state index in [1.54, 1.807) is 18.2 Å². The molecule has 1 amide bonds. The number of nitrogens with zero attached hydrogens (tertiary/aromatic N) is 3. The molecule has 0 saturated heterocycles. The van der Waals surface area contributed by atoms with Gasteiger partial charge in [0.25, 0.3) is 0 Å². The zero-order chi connectivity index (χ0) is 19.3. The minimum Gasteiger partial charge on any atom is -0.297 e. The van der Waals surface area contributed by atoms with E-state index in [1.807, 2.05) is 24.3 Å². The number of thioether (sulfide) groups is 1. The van der Waals surface area contributed by atoms with Crippen molar-refractivity contribution in [2.75, 3.05) is 5.32 Å². The van der Waals surface area contributed by atoms with Crippen LogP contribution in [0.4, 0.5) is 9.52 Å². The van der Waals surface area contributed by atoms with Crippen molar-refractivity contribution in [3.8, 4) is 0 Å². The molecule has 2 aromatic heterocycles. The Bertz CT molecular complexity index is 1100. The van der Waals surface area contributed by atoms with Gasteiger partial charge < -0.3 is 0 Å². The number of hydrogen-bond acceptors (Lipinski definition) is 7. The quantitative estimate of drug-likeness (QED) is 0.259. The molecule has 140 valence electrons. The van der Waals surface area contributed by atoms with Crippen molar-refractivity contribution < 1.29 is 9.18 Å². The number of nitrogens with one attached hydrogen (secondary N) is 1. The number of fused-ring (bicyclic) bond motifs is 1. The molecule has 0 atom stereocenters. The molecule has 0 saturated carbocycles. The summed E-state index contributed by atoms with van der Waals surface area (Å²) < 4.78 is 14.7. The number of anilines is 1. The predicted molar refractivity (Wildman–Crippen MR) is 113 cm³/mol. The number of hydrogen-bond donors (Lipinski definition) is 1. The molecule has 0 spiro atoms. The highest BCUT2D eigenvalue weighted by molar-refractivity contribution is 8.00. The third-order valence-electron chi connectivity index (χ3n) is 3.60. The van der Waals surface area contributed by atoms with Crippen LogP contribution in [0.3, 0.4) is 0 Å². The first-order valence-electron chi connectivity index (χ1n) is 8.21. The van der Waals surface area contributed by atoms with Crippen LogP contribution in [0, 0.1) is 5.82 Å². The number of para-hydroxylation sites is 1. The van der Waals surface area contributed by atoms with Crippen LogP contribution in [-0.2, 0) is 10.5 Å². The lowest BCUT2D eigenvalue weighted by Crippen LogP contribution is -2.07. The Hall–Kier alpha value is -2.62. The molecule has 0 aliphatic heterocycles. The van der Waals surface area contributed by atoms with Gasteiger partial charge in [-0.1, -0.05) is 47.4 Å². The van der Waals surface area contributed by atoms with E-state index in [4.69, 9.17) is 0 Å². The Balaban J connectivity index is 1.32. The van der Waals surface area contributed by atoms with Crippen molar-refractivity contribution in [3.63, 3.8) is 0 Å². The summed E-state index contributed by atoms with van der Waals surface area (Å²) in [5.41, 5.74) is 1.91. The molecule has 4 aromatic rings. The van der Waals surface area contributed by atoms with E-state index < -0.39 is 0 Å². The first-order chi connectivity index (χ1) is 13.7. The smallest absolute Gasteiger partial charge is 0.250 e. The van der Waals surface area contributed by atoms with Gasteiger partial charge in [0.1, 0.15) is 10.8 Å². The van der Waals surface area contributed by atoms with Crippen LogP contribution < -0.4 is 5.32 Å². The Morgan fingerprint density at radius 2 is 1.93 bits per heavy atom. The van der Waals surface area contributed by atoms with Crippen molar-refractivity contribution in [1.82, 2.24) is 15.2 Å². The Morgan fingerprint density at radius 3 is 2.75 bits per heavy atom. The van der Waals surface area contributed by atoms with E-state index in [0.717, 1.165) is 25.1 Å². The van der Waals surface area contributed by atoms with Crippen molar-refractivity contribution in [3.05, 3.63) is 71.0 Å². The van der Waals surface area contributed by atoms with Crippen LogP contribution in [0.1, 0.15) is 10.6 Å². The van der Waals surface area contributed by atoms with Crippen molar-refractivity contribution >= 4 is 61.8 Å². The largest absolute Gasteiger partial charge is 0.297 e. The lowest BCUT2D eigenvalue weighted by Gasteiger charge is -1.97. The molecule has 1 N–H and O–H groups in total. The summed E-state index contributed by atoms with van der Waals surface area (Å²) in [5, 5.41) is 11.9. The van der Waals surface area contributed by atoms with Crippen molar-refractivity contribution in [2.45, 2.75) is 10.1 Å². The summed E-state index contributed by atoms with van der Waals surface area (Å²) in [6.45, 7) is 0. The molecular weight excluding hydrogens is 415 g/mol. The molecule has 0 bridgehead atoms. The van der Waals surface area contributed by atoms with Gasteiger partial charge in [0, 0.05) is 11.8 Å². The molecule has 0 radical (unpaired) electrons. The lowest BCUT2D eigenvalue weighted by atomic mass is 10.2. The van der Waals surface area contributed by atoms with Crippen LogP contribution in [0.15, 0.2) is 58.9 Å². The zero-order valence-electron chi connectivity index (χ0n) is 14.3. The maximum atomic E-state index is 12.9. The normalized spacial score (nSPS) is 11.3. The number of halogens is 1. The molecule has 0 unspecified atom stereocenters. The van der Waals surface area contributed by atoms with Crippen molar-refractivity contribution in [1.29, 1.82) is 0 Å². The zero-order valence-corrected chi connectivity index (χ0v) is 16.8. The fourth-order valence-electron chi connectivity index (χ4n) is 2.30. The summed E-state index contributed by atoms with van der Waals surface area (Å²) in [6.07, 6.45) is 3.12. The average Bonchev–Trinajstić information content (AvgIpc) is 3.32. The average molecular weight is 429 g/mol. The second-order valence-corrected chi connectivity index (χ2v) is 8.89. The predicted octanol–water partition coefficient (Wildman–Crippen LogP) is 5.23. The molecule has 28 heavy (non-hydrogen) atoms. The fourth-order valence-corrected chi connectivity index (χ4v) is 4.88. The number of aromatic nitrogens is 3. The number of benzene rings is 2. The third kappa shape index (κ3) is 4.80. The summed E-state index contributed by atoms with van der Waals surface area (Å²) in [7, 11) is 0. The van der Waals surface area contributed by atoms with Crippen molar-refractivity contribution in [2.24, 2.45) is 0 Å². The first kappa shape index (κ1) is 18.7. The van der Waals surface area contributed by atoms with Gasteiger partial charge in [-0.15, -0.1) is 21.5 Å². The molecule has 4 rings (SSSR count). The molecular formula is C19H13FN4OS3. The Kier molecular flexibility index (Phi) is 5.75. The SMILES string of the molecule is O=C(/C=C/c1nc2ccccc2s1)Nc1nnc(SCc2ccc(F)cc2)s1. The van der Waals surface area contributed by atoms with Crippen LogP contribution in [-0.4, -0.2) is 21.1 Å². The van der Waals surface area contributed by atoms with E-state index in [9.17, 15) is 9.18 Å². The topological polar surface area (TPSA) is 67.8 Å². The Morgan fingerprint density at radius 1 is 1.11 bits per heavy atom. The van der Waals surface area contributed by atoms with Crippen LogP contribution in [0.5, 0.6) is 0 Å². The Labute approximate surface area is 172 Å². The second-order valence-electron chi connectivity index (χ2n) is 5.63. The van der Waals surface area contributed by atoms with E-state index in [2.05, 4.69) is 20.5 Å². The second kappa shape index (κ2) is 8.59. The van der Waals surface area contributed by atoms with Crippen LogP contribution >= 0.6 is 34.4 Å². The number of carbonyl (C=O) groups excluding carboxylic acids is 1. The standard InChI is InChI=1S/C19H13FN4OS3/c20-13-7-5-12(6-8-13)11-26-19-24-23-18(28-19)22-16(25)9-10-17-21-14-3-1-2-4-15(14)27-17/h1-10H,11H2,(H,22,23,25)/b10-9+. The van der Waals surface area contributed by atoms with Gasteiger partial charge in [0.05, 0.1) is 10.2 Å². The summed E-state index contributed by atoms with van der Waals surface area (Å²) in [4.78, 5) is 16.6. The highest BCUT2D eigenvalue weighted by Gasteiger charge is 2.08. The minimum absolute atomic E-state index is 0.256. The maximum absolute atomic E-state index is 12.9. The monoisotopic (exact) mass is 428 g/mol. The van der Waals surface area contributed by atoms with Gasteiger partial charge in [-0.3, -0.25) is 10.1 Å². The van der Waals surface area contributed by atoms with Gasteiger partial charge in [0.15, 0.2) is 4.34 Å². The first-order valence-corrected chi connectivity index (χ1v) is 10.8. The third-order valence-corrected chi connectivity index (χ3v) is 6.64. The molecule has 0 aliphatic rings. The van der Waals surface area contributed by atoms with E-state index in [-0.39, 0.29) is 11.7 Å². The summed E-state index contributed by atoms with van der Waals surface area (Å²) in [5.74, 6) is 0.111. The molecule has 5 nitrogen and oxygen atoms in total. The van der Waals surface area contributed by atoms with Gasteiger partial charge in [-0.25, -0.2) is 9.37 Å². The number of carbonyl (C=O) groups is 1. The van der Waals surface area contributed by atoms with E-state index in [0.29, 0.717) is 10.9 Å². The minimum atomic E-state index is -0.287. The van der Waals surface area contributed by atoms with Gasteiger partial charge in [0.2, 0.25) is 11.0 Å². The molecule has 0 aliphatic carbocycles. The molecule has 9 heteroatoms. The fraction of sp³-hybridized carbons (Fsp3) is 0.0526. The number of thiazole rings is 1. The van der Waals surface area contributed by atoms with Gasteiger partial charge in [-0.05, 0) is 35.9 Å². The number of amides is 1. The molecule has 2 heterocycles. The highest BCUT2D eigenvalue weighted by Crippen LogP contribution is 2.28. The van der Waals surface area contributed by atoms with E-state index >= 15 is 0 Å². The van der Waals surface area contributed by atoms with Gasteiger partial charge in [-0.2, -0.15) is 0 Å². The summed E-state index contributed by atoms with van der Waals surface area (Å²) >= 11 is 4.31. The molecule has 2 aromatic carbocycles.